The minimum atomic E-state index is -5.03. The Hall–Kier alpha value is -1.72. The summed E-state index contributed by atoms with van der Waals surface area (Å²) in [5.74, 6) is 0.874. The van der Waals surface area contributed by atoms with Gasteiger partial charge in [0.2, 0.25) is 0 Å². The summed E-state index contributed by atoms with van der Waals surface area (Å²) in [5, 5.41) is 0. The molecule has 1 heterocycles. The molecule has 0 spiro atoms. The van der Waals surface area contributed by atoms with Crippen LogP contribution in [0.1, 0.15) is 121 Å². The van der Waals surface area contributed by atoms with Crippen LogP contribution in [0.25, 0.3) is 0 Å². The van der Waals surface area contributed by atoms with Crippen molar-refractivity contribution in [3.05, 3.63) is 22.3 Å². The number of esters is 1. The lowest BCUT2D eigenvalue weighted by Gasteiger charge is -2.38. The van der Waals surface area contributed by atoms with E-state index in [1.807, 2.05) is 6.92 Å². The van der Waals surface area contributed by atoms with Crippen LogP contribution in [-0.2, 0) is 11.2 Å². The smallest absolute Gasteiger partial charge is 0.487 e. The van der Waals surface area contributed by atoms with E-state index in [4.69, 9.17) is 9.47 Å². The molecule has 6 heteroatoms. The Kier molecular flexibility index (Phi) is 11.4. The number of rotatable bonds is 13. The molecule has 0 bridgehead atoms. The fourth-order valence-corrected chi connectivity index (χ4v) is 5.56. The molecular weight excluding hydrogens is 477 g/mol. The minimum absolute atomic E-state index is 0.00819. The molecule has 212 valence electrons. The van der Waals surface area contributed by atoms with Gasteiger partial charge >= 0.3 is 12.1 Å². The molecular formula is C31H49F3O3. The zero-order chi connectivity index (χ0) is 28.0. The van der Waals surface area contributed by atoms with Crippen LogP contribution in [0.2, 0.25) is 0 Å². The van der Waals surface area contributed by atoms with Crippen LogP contribution >= 0.6 is 0 Å². The molecule has 0 aliphatic carbocycles. The van der Waals surface area contributed by atoms with Gasteiger partial charge in [0.25, 0.3) is 0 Å². The van der Waals surface area contributed by atoms with Gasteiger partial charge in [-0.2, -0.15) is 13.2 Å². The molecule has 0 saturated carbocycles. The summed E-state index contributed by atoms with van der Waals surface area (Å²) in [6.45, 7) is 16.7. The maximum atomic E-state index is 12.8. The molecule has 3 nitrogen and oxygen atoms in total. The molecule has 1 aromatic rings. The summed E-state index contributed by atoms with van der Waals surface area (Å²) in [6, 6.07) is 0. The average molecular weight is 527 g/mol. The normalized spacial score (nSPS) is 19.4. The number of halogens is 3. The van der Waals surface area contributed by atoms with Crippen molar-refractivity contribution in [1.29, 1.82) is 0 Å². The van der Waals surface area contributed by atoms with Gasteiger partial charge in [-0.3, -0.25) is 0 Å². The number of carbonyl (C=O) groups is 1. The summed E-state index contributed by atoms with van der Waals surface area (Å²) in [7, 11) is 0. The fraction of sp³-hybridized carbons (Fsp3) is 0.774. The quantitative estimate of drug-likeness (QED) is 0.190. The van der Waals surface area contributed by atoms with Crippen molar-refractivity contribution in [2.45, 2.75) is 138 Å². The van der Waals surface area contributed by atoms with Crippen LogP contribution in [0.15, 0.2) is 0 Å². The van der Waals surface area contributed by atoms with Gasteiger partial charge in [-0.05, 0) is 87.8 Å². The number of hydrogen-bond acceptors (Lipinski definition) is 3. The molecule has 3 atom stereocenters. The van der Waals surface area contributed by atoms with Crippen LogP contribution in [0.3, 0.4) is 0 Å². The minimum Gasteiger partial charge on any atom is -0.487 e. The van der Waals surface area contributed by atoms with E-state index < -0.39 is 12.1 Å². The van der Waals surface area contributed by atoms with E-state index in [0.717, 1.165) is 48.0 Å². The third-order valence-corrected chi connectivity index (χ3v) is 8.26. The number of fused-ring (bicyclic) bond motifs is 1. The summed E-state index contributed by atoms with van der Waals surface area (Å²) < 4.78 is 49.7. The van der Waals surface area contributed by atoms with Gasteiger partial charge < -0.3 is 9.47 Å². The van der Waals surface area contributed by atoms with Crippen molar-refractivity contribution in [3.63, 3.8) is 0 Å². The monoisotopic (exact) mass is 526 g/mol. The van der Waals surface area contributed by atoms with E-state index >= 15 is 0 Å². The summed E-state index contributed by atoms with van der Waals surface area (Å²) in [4.78, 5) is 11.5. The lowest BCUT2D eigenvalue weighted by molar-refractivity contribution is -0.189. The highest BCUT2D eigenvalue weighted by atomic mass is 19.4. The molecule has 0 N–H and O–H groups in total. The molecule has 37 heavy (non-hydrogen) atoms. The molecule has 2 rings (SSSR count). The lowest BCUT2D eigenvalue weighted by atomic mass is 9.83. The van der Waals surface area contributed by atoms with Crippen LogP contribution < -0.4 is 9.47 Å². The van der Waals surface area contributed by atoms with Crippen LogP contribution in [-0.4, -0.2) is 17.7 Å². The lowest BCUT2D eigenvalue weighted by Crippen LogP contribution is -2.37. The predicted molar refractivity (Wildman–Crippen MR) is 144 cm³/mol. The molecule has 0 aromatic heterocycles. The van der Waals surface area contributed by atoms with Crippen molar-refractivity contribution in [3.8, 4) is 11.5 Å². The van der Waals surface area contributed by atoms with Crippen molar-refractivity contribution in [1.82, 2.24) is 0 Å². The largest absolute Gasteiger partial charge is 0.491 e. The number of hydrogen-bond donors (Lipinski definition) is 0. The Labute approximate surface area is 222 Å². The molecule has 0 fully saturated rings. The molecule has 0 saturated heterocycles. The van der Waals surface area contributed by atoms with Crippen LogP contribution in [0.4, 0.5) is 13.2 Å². The van der Waals surface area contributed by atoms with E-state index in [-0.39, 0.29) is 11.4 Å². The molecule has 0 unspecified atom stereocenters. The SMILES string of the molecule is Cc1c(C)c2c(c(C)c1OC(=O)C(F)(F)F)CC[C@@](C)(CCC[C@H](C)CCC[C@H](C)CCCC(C)C)O2. The van der Waals surface area contributed by atoms with Crippen LogP contribution in [0.5, 0.6) is 11.5 Å². The van der Waals surface area contributed by atoms with Gasteiger partial charge in [-0.1, -0.05) is 72.6 Å². The van der Waals surface area contributed by atoms with Gasteiger partial charge in [0.1, 0.15) is 17.1 Å². The first kappa shape index (κ1) is 31.5. The third-order valence-electron chi connectivity index (χ3n) is 8.26. The number of ether oxygens (including phenoxy) is 2. The van der Waals surface area contributed by atoms with Gasteiger partial charge in [-0.25, -0.2) is 4.79 Å². The molecule has 0 radical (unpaired) electrons. The first-order valence-corrected chi connectivity index (χ1v) is 14.2. The van der Waals surface area contributed by atoms with Crippen molar-refractivity contribution < 1.29 is 27.4 Å². The highest BCUT2D eigenvalue weighted by molar-refractivity contribution is 5.79. The van der Waals surface area contributed by atoms with Crippen molar-refractivity contribution >= 4 is 5.97 Å². The van der Waals surface area contributed by atoms with Gasteiger partial charge in [0, 0.05) is 5.56 Å². The number of benzene rings is 1. The van der Waals surface area contributed by atoms with E-state index in [9.17, 15) is 18.0 Å². The second-order valence-corrected chi connectivity index (χ2v) is 12.3. The first-order chi connectivity index (χ1) is 17.1. The molecule has 1 aliphatic heterocycles. The second kappa shape index (κ2) is 13.4. The standard InChI is InChI=1S/C31H49F3O3/c1-20(2)12-9-13-21(3)14-10-15-22(4)16-11-18-30(8)19-17-26-25(7)27(36-29(35)31(32,33)34)23(5)24(6)28(26)37-30/h20-22H,9-19H2,1-8H3/t21-,22-,30-/m1/s1. The summed E-state index contributed by atoms with van der Waals surface area (Å²) in [5.41, 5.74) is 2.37. The van der Waals surface area contributed by atoms with E-state index in [0.29, 0.717) is 23.5 Å². The Morgan fingerprint density at radius 2 is 1.43 bits per heavy atom. The maximum absolute atomic E-state index is 12.8. The second-order valence-electron chi connectivity index (χ2n) is 12.3. The van der Waals surface area contributed by atoms with Gasteiger partial charge in [0.05, 0.1) is 0 Å². The van der Waals surface area contributed by atoms with Crippen LogP contribution in [0, 0.1) is 38.5 Å². The van der Waals surface area contributed by atoms with Crippen molar-refractivity contribution in [2.24, 2.45) is 17.8 Å². The number of carbonyl (C=O) groups excluding carboxylic acids is 1. The Bertz CT molecular complexity index is 906. The number of alkyl halides is 3. The Morgan fingerprint density at radius 1 is 0.892 bits per heavy atom. The molecule has 1 aliphatic rings. The zero-order valence-corrected chi connectivity index (χ0v) is 24.4. The predicted octanol–water partition coefficient (Wildman–Crippen LogP) is 9.60. The zero-order valence-electron chi connectivity index (χ0n) is 24.4. The summed E-state index contributed by atoms with van der Waals surface area (Å²) in [6.07, 6.45) is 7.57. The summed E-state index contributed by atoms with van der Waals surface area (Å²) >= 11 is 0. The molecule has 1 aromatic carbocycles. The topological polar surface area (TPSA) is 35.5 Å². The fourth-order valence-electron chi connectivity index (χ4n) is 5.56. The Morgan fingerprint density at radius 3 is 1.97 bits per heavy atom. The van der Waals surface area contributed by atoms with Crippen molar-refractivity contribution in [2.75, 3.05) is 0 Å². The highest BCUT2D eigenvalue weighted by Crippen LogP contribution is 2.45. The van der Waals surface area contributed by atoms with E-state index in [1.54, 1.807) is 13.8 Å². The van der Waals surface area contributed by atoms with E-state index in [1.165, 1.54) is 44.9 Å². The average Bonchev–Trinajstić information content (AvgIpc) is 2.79. The first-order valence-electron chi connectivity index (χ1n) is 14.2. The van der Waals surface area contributed by atoms with Gasteiger partial charge in [-0.15, -0.1) is 0 Å². The highest BCUT2D eigenvalue weighted by Gasteiger charge is 2.42. The maximum Gasteiger partial charge on any atom is 0.491 e. The Balaban J connectivity index is 1.89. The van der Waals surface area contributed by atoms with E-state index in [2.05, 4.69) is 34.6 Å². The molecule has 0 amide bonds. The van der Waals surface area contributed by atoms with Gasteiger partial charge in [0.15, 0.2) is 0 Å². The third kappa shape index (κ3) is 9.21.